The van der Waals surface area contributed by atoms with Crippen LogP contribution in [-0.4, -0.2) is 23.7 Å². The molecule has 0 bridgehead atoms. The average molecular weight is 433 g/mol. The molecule has 3 rings (SSSR count). The zero-order chi connectivity index (χ0) is 18.5. The lowest BCUT2D eigenvalue weighted by Gasteiger charge is -2.05. The molecular weight excluding hydrogens is 418 g/mol. The summed E-state index contributed by atoms with van der Waals surface area (Å²) in [7, 11) is 0. The topological polar surface area (TPSA) is 63.6 Å². The van der Waals surface area contributed by atoms with Crippen LogP contribution in [0.5, 0.6) is 5.75 Å². The third-order valence-electron chi connectivity index (χ3n) is 3.53. The molecule has 132 valence electrons. The summed E-state index contributed by atoms with van der Waals surface area (Å²) in [5.74, 6) is 0.231. The van der Waals surface area contributed by atoms with Gasteiger partial charge in [-0.15, -0.1) is 0 Å². The van der Waals surface area contributed by atoms with Gasteiger partial charge < -0.3 is 4.74 Å². The van der Waals surface area contributed by atoms with Gasteiger partial charge in [-0.25, -0.2) is 10.4 Å². The van der Waals surface area contributed by atoms with E-state index < -0.39 is 0 Å². The summed E-state index contributed by atoms with van der Waals surface area (Å²) < 4.78 is 6.31. The lowest BCUT2D eigenvalue weighted by Crippen LogP contribution is -2.24. The van der Waals surface area contributed by atoms with Crippen LogP contribution in [0.4, 0.5) is 0 Å². The minimum absolute atomic E-state index is 0.137. The number of hydrogen-bond acceptors (Lipinski definition) is 4. The zero-order valence-corrected chi connectivity index (χ0v) is 16.2. The Hall–Kier alpha value is -2.44. The molecule has 0 radical (unpaired) electrons. The van der Waals surface area contributed by atoms with Gasteiger partial charge in [0, 0.05) is 15.4 Å². The van der Waals surface area contributed by atoms with E-state index in [0.29, 0.717) is 16.5 Å². The average Bonchev–Trinajstić information content (AvgIpc) is 2.62. The summed E-state index contributed by atoms with van der Waals surface area (Å²) in [6, 6.07) is 15.0. The first-order chi connectivity index (χ1) is 12.5. The molecule has 0 unspecified atom stereocenters. The fraction of sp³-hybridized carbons (Fsp3) is 0.105. The van der Waals surface area contributed by atoms with Gasteiger partial charge in [0.1, 0.15) is 10.9 Å². The van der Waals surface area contributed by atoms with Gasteiger partial charge in [0.25, 0.3) is 5.91 Å². The van der Waals surface area contributed by atoms with Crippen LogP contribution in [0.15, 0.2) is 58.1 Å². The number of amides is 1. The summed E-state index contributed by atoms with van der Waals surface area (Å²) in [5.41, 5.74) is 4.96. The van der Waals surface area contributed by atoms with Crippen LogP contribution < -0.4 is 10.2 Å². The van der Waals surface area contributed by atoms with E-state index in [9.17, 15) is 4.79 Å². The molecule has 1 aromatic heterocycles. The van der Waals surface area contributed by atoms with Gasteiger partial charge in [-0.05, 0) is 48.9 Å². The smallest absolute Gasteiger partial charge is 0.277 e. The van der Waals surface area contributed by atoms with E-state index in [1.165, 1.54) is 6.21 Å². The van der Waals surface area contributed by atoms with Crippen molar-refractivity contribution in [3.05, 3.63) is 69.3 Å². The molecule has 1 heterocycles. The van der Waals surface area contributed by atoms with Gasteiger partial charge in [0.15, 0.2) is 6.61 Å². The number of carbonyl (C=O) groups is 1. The predicted molar refractivity (Wildman–Crippen MR) is 107 cm³/mol. The van der Waals surface area contributed by atoms with E-state index in [1.807, 2.05) is 43.3 Å². The van der Waals surface area contributed by atoms with Crippen LogP contribution in [0, 0.1) is 6.92 Å². The SMILES string of the molecule is Cc1ccc2cc(C=NNC(=O)COc3ccc(Br)cc3)c(Cl)nc2c1. The summed E-state index contributed by atoms with van der Waals surface area (Å²) >= 11 is 9.52. The van der Waals surface area contributed by atoms with Crippen molar-refractivity contribution in [3.63, 3.8) is 0 Å². The molecule has 7 heteroatoms. The Morgan fingerprint density at radius 2 is 2.04 bits per heavy atom. The number of nitrogens with zero attached hydrogens (tertiary/aromatic N) is 2. The number of hydrazone groups is 1. The first-order valence-corrected chi connectivity index (χ1v) is 8.95. The molecule has 1 N–H and O–H groups in total. The van der Waals surface area contributed by atoms with Crippen LogP contribution in [0.25, 0.3) is 10.9 Å². The second-order valence-electron chi connectivity index (χ2n) is 5.60. The number of rotatable bonds is 5. The number of aryl methyl sites for hydroxylation is 1. The predicted octanol–water partition coefficient (Wildman–Crippen LogP) is 4.49. The van der Waals surface area contributed by atoms with Crippen molar-refractivity contribution in [2.75, 3.05) is 6.61 Å². The number of halogens is 2. The lowest BCUT2D eigenvalue weighted by atomic mass is 10.1. The highest BCUT2D eigenvalue weighted by Gasteiger charge is 2.05. The number of ether oxygens (including phenoxy) is 1. The second kappa shape index (κ2) is 8.29. The molecule has 3 aromatic rings. The van der Waals surface area contributed by atoms with Crippen LogP contribution in [0.2, 0.25) is 5.15 Å². The quantitative estimate of drug-likeness (QED) is 0.367. The fourth-order valence-corrected chi connectivity index (χ4v) is 2.71. The number of fused-ring (bicyclic) bond motifs is 1. The van der Waals surface area contributed by atoms with Gasteiger partial charge in [0.05, 0.1) is 11.7 Å². The number of nitrogens with one attached hydrogen (secondary N) is 1. The molecule has 2 aromatic carbocycles. The molecule has 0 aliphatic heterocycles. The van der Waals surface area contributed by atoms with Crippen molar-refractivity contribution in [2.45, 2.75) is 6.92 Å². The molecule has 1 amide bonds. The number of aromatic nitrogens is 1. The monoisotopic (exact) mass is 431 g/mol. The molecule has 5 nitrogen and oxygen atoms in total. The van der Waals surface area contributed by atoms with Crippen molar-refractivity contribution < 1.29 is 9.53 Å². The second-order valence-corrected chi connectivity index (χ2v) is 6.87. The minimum atomic E-state index is -0.371. The van der Waals surface area contributed by atoms with E-state index >= 15 is 0 Å². The van der Waals surface area contributed by atoms with E-state index in [2.05, 4.69) is 31.4 Å². The number of carbonyl (C=O) groups excluding carboxylic acids is 1. The number of benzene rings is 2. The Balaban J connectivity index is 1.60. The molecule has 0 fully saturated rings. The standard InChI is InChI=1S/C19H15BrClN3O2/c1-12-2-3-13-9-14(19(21)23-17(13)8-12)10-22-24-18(25)11-26-16-6-4-15(20)5-7-16/h2-10H,11H2,1H3,(H,24,25). The molecule has 0 aliphatic carbocycles. The van der Waals surface area contributed by atoms with Crippen LogP contribution in [0.1, 0.15) is 11.1 Å². The third kappa shape index (κ3) is 4.80. The summed E-state index contributed by atoms with van der Waals surface area (Å²) in [6.45, 7) is 1.86. The van der Waals surface area contributed by atoms with Gasteiger partial charge in [-0.2, -0.15) is 5.10 Å². The highest BCUT2D eigenvalue weighted by molar-refractivity contribution is 9.10. The number of pyridine rings is 1. The molecular formula is C19H15BrClN3O2. The van der Waals surface area contributed by atoms with E-state index in [0.717, 1.165) is 20.9 Å². The number of hydrogen-bond donors (Lipinski definition) is 1. The minimum Gasteiger partial charge on any atom is -0.484 e. The molecule has 0 saturated carbocycles. The highest BCUT2D eigenvalue weighted by Crippen LogP contribution is 2.20. The van der Waals surface area contributed by atoms with Crippen LogP contribution in [-0.2, 0) is 4.79 Å². The largest absolute Gasteiger partial charge is 0.484 e. The van der Waals surface area contributed by atoms with E-state index in [1.54, 1.807) is 12.1 Å². The van der Waals surface area contributed by atoms with Gasteiger partial charge in [0.2, 0.25) is 0 Å². The Morgan fingerprint density at radius 3 is 2.81 bits per heavy atom. The maximum atomic E-state index is 11.8. The van der Waals surface area contributed by atoms with Crippen LogP contribution >= 0.6 is 27.5 Å². The van der Waals surface area contributed by atoms with Crippen molar-refractivity contribution in [3.8, 4) is 5.75 Å². The van der Waals surface area contributed by atoms with Crippen molar-refractivity contribution >= 4 is 50.6 Å². The zero-order valence-electron chi connectivity index (χ0n) is 13.9. The highest BCUT2D eigenvalue weighted by atomic mass is 79.9. The van der Waals surface area contributed by atoms with Crippen molar-refractivity contribution in [2.24, 2.45) is 5.10 Å². The third-order valence-corrected chi connectivity index (χ3v) is 4.36. The lowest BCUT2D eigenvalue weighted by molar-refractivity contribution is -0.123. The van der Waals surface area contributed by atoms with Gasteiger partial charge >= 0.3 is 0 Å². The van der Waals surface area contributed by atoms with Crippen molar-refractivity contribution in [1.29, 1.82) is 0 Å². The molecule has 0 saturated heterocycles. The maximum absolute atomic E-state index is 11.8. The van der Waals surface area contributed by atoms with E-state index in [-0.39, 0.29) is 12.5 Å². The summed E-state index contributed by atoms with van der Waals surface area (Å²) in [6.07, 6.45) is 1.46. The normalized spacial score (nSPS) is 11.0. The van der Waals surface area contributed by atoms with Crippen molar-refractivity contribution in [1.82, 2.24) is 10.4 Å². The fourth-order valence-electron chi connectivity index (χ4n) is 2.25. The summed E-state index contributed by atoms with van der Waals surface area (Å²) in [4.78, 5) is 16.2. The Bertz CT molecular complexity index is 974. The molecule has 26 heavy (non-hydrogen) atoms. The first-order valence-electron chi connectivity index (χ1n) is 7.78. The first kappa shape index (κ1) is 18.4. The summed E-state index contributed by atoms with van der Waals surface area (Å²) in [5, 5.41) is 5.19. The van der Waals surface area contributed by atoms with Gasteiger partial charge in [-0.3, -0.25) is 4.79 Å². The maximum Gasteiger partial charge on any atom is 0.277 e. The molecule has 0 atom stereocenters. The molecule has 0 spiro atoms. The molecule has 0 aliphatic rings. The van der Waals surface area contributed by atoms with E-state index in [4.69, 9.17) is 16.3 Å². The Labute approximate surface area is 164 Å². The van der Waals surface area contributed by atoms with Gasteiger partial charge in [-0.1, -0.05) is 39.7 Å². The Morgan fingerprint density at radius 1 is 1.27 bits per heavy atom. The Kier molecular flexibility index (Phi) is 5.85. The van der Waals surface area contributed by atoms with Crippen LogP contribution in [0.3, 0.4) is 0 Å².